The van der Waals surface area contributed by atoms with Gasteiger partial charge in [-0.25, -0.2) is 0 Å². The molecule has 0 bridgehead atoms. The molecule has 2 N–H and O–H groups in total. The van der Waals surface area contributed by atoms with Crippen LogP contribution in [-0.4, -0.2) is 50.8 Å². The van der Waals surface area contributed by atoms with Crippen LogP contribution in [0.5, 0.6) is 5.75 Å². The Kier molecular flexibility index (Phi) is 5.21. The number of amides is 1. The molecule has 1 saturated heterocycles. The lowest BCUT2D eigenvalue weighted by atomic mass is 9.96. The second kappa shape index (κ2) is 7.79. The number of hydrogen-bond donors (Lipinski definition) is 2. The van der Waals surface area contributed by atoms with Crippen molar-refractivity contribution < 1.29 is 9.53 Å². The zero-order chi connectivity index (χ0) is 19.7. The Morgan fingerprint density at radius 3 is 3.07 bits per heavy atom. The van der Waals surface area contributed by atoms with Crippen LogP contribution in [0.4, 0.5) is 0 Å². The topological polar surface area (TPSA) is 78.9 Å². The normalized spacial score (nSPS) is 17.2. The second-order valence-electron chi connectivity index (χ2n) is 7.21. The highest BCUT2D eigenvalue weighted by Crippen LogP contribution is 2.28. The van der Waals surface area contributed by atoms with Crippen molar-refractivity contribution in [3.63, 3.8) is 0 Å². The van der Waals surface area contributed by atoms with Gasteiger partial charge in [0, 0.05) is 42.7 Å². The van der Waals surface area contributed by atoms with E-state index in [1.807, 2.05) is 33.9 Å². The molecule has 0 saturated carbocycles. The molecule has 7 nitrogen and oxygen atoms in total. The molecular weight excluding hydrogens is 374 g/mol. The van der Waals surface area contributed by atoms with Crippen LogP contribution in [0.2, 0.25) is 0 Å². The van der Waals surface area contributed by atoms with Gasteiger partial charge >= 0.3 is 0 Å². The Labute approximate surface area is 168 Å². The maximum absolute atomic E-state index is 13.0. The zero-order valence-electron chi connectivity index (χ0n) is 16.2. The summed E-state index contributed by atoms with van der Waals surface area (Å²) < 4.78 is 8.00. The molecule has 0 aliphatic carbocycles. The minimum atomic E-state index is 0.144. The number of piperidine rings is 1. The van der Waals surface area contributed by atoms with Crippen molar-refractivity contribution in [2.75, 3.05) is 20.2 Å². The molecular formula is C20H25N5O2S. The van der Waals surface area contributed by atoms with E-state index < -0.39 is 0 Å². The second-order valence-corrected chi connectivity index (χ2v) is 7.60. The molecule has 3 heterocycles. The van der Waals surface area contributed by atoms with Crippen LogP contribution in [0.1, 0.15) is 37.1 Å². The molecule has 1 atom stereocenters. The summed E-state index contributed by atoms with van der Waals surface area (Å²) in [5, 5.41) is 8.36. The van der Waals surface area contributed by atoms with Crippen molar-refractivity contribution in [3.8, 4) is 5.75 Å². The van der Waals surface area contributed by atoms with Crippen molar-refractivity contribution >= 4 is 29.0 Å². The van der Waals surface area contributed by atoms with Crippen LogP contribution in [0.3, 0.4) is 0 Å². The summed E-state index contributed by atoms with van der Waals surface area (Å²) in [6.45, 7) is 4.32. The van der Waals surface area contributed by atoms with Gasteiger partial charge in [0.05, 0.1) is 13.5 Å². The van der Waals surface area contributed by atoms with Crippen molar-refractivity contribution in [3.05, 3.63) is 40.6 Å². The SMILES string of the molecule is CCn1c(C2CCCN(C(=O)Cc3c[nH]c4ccc(OC)cc34)C2)n[nH]c1=S. The number of carbonyl (C=O) groups excluding carboxylic acids is 1. The van der Waals surface area contributed by atoms with Gasteiger partial charge < -0.3 is 19.2 Å². The lowest BCUT2D eigenvalue weighted by molar-refractivity contribution is -0.131. The van der Waals surface area contributed by atoms with Gasteiger partial charge in [-0.1, -0.05) is 0 Å². The maximum Gasteiger partial charge on any atom is 0.227 e. The van der Waals surface area contributed by atoms with E-state index in [1.54, 1.807) is 7.11 Å². The van der Waals surface area contributed by atoms with E-state index in [4.69, 9.17) is 17.0 Å². The van der Waals surface area contributed by atoms with Crippen LogP contribution in [0.25, 0.3) is 10.9 Å². The fourth-order valence-corrected chi connectivity index (χ4v) is 4.34. The molecule has 8 heteroatoms. The summed E-state index contributed by atoms with van der Waals surface area (Å²) in [7, 11) is 1.65. The van der Waals surface area contributed by atoms with Crippen LogP contribution in [0.15, 0.2) is 24.4 Å². The summed E-state index contributed by atoms with van der Waals surface area (Å²) in [5.74, 6) is 2.11. The summed E-state index contributed by atoms with van der Waals surface area (Å²) in [5.41, 5.74) is 2.01. The maximum atomic E-state index is 13.0. The first-order valence-electron chi connectivity index (χ1n) is 9.67. The number of nitrogens with zero attached hydrogens (tertiary/aromatic N) is 3. The Balaban J connectivity index is 1.51. The highest BCUT2D eigenvalue weighted by Gasteiger charge is 2.28. The van der Waals surface area contributed by atoms with Crippen LogP contribution >= 0.6 is 12.2 Å². The van der Waals surface area contributed by atoms with Crippen LogP contribution in [0, 0.1) is 4.77 Å². The Bertz CT molecular complexity index is 1050. The summed E-state index contributed by atoms with van der Waals surface area (Å²) >= 11 is 5.32. The Morgan fingerprint density at radius 2 is 2.29 bits per heavy atom. The molecule has 0 spiro atoms. The van der Waals surface area contributed by atoms with Gasteiger partial charge in [0.15, 0.2) is 4.77 Å². The molecule has 1 amide bonds. The molecule has 4 rings (SSSR count). The number of fused-ring (bicyclic) bond motifs is 1. The van der Waals surface area contributed by atoms with Gasteiger partial charge in [0.25, 0.3) is 0 Å². The monoisotopic (exact) mass is 399 g/mol. The molecule has 1 fully saturated rings. The first kappa shape index (κ1) is 18.7. The van der Waals surface area contributed by atoms with Gasteiger partial charge in [0.1, 0.15) is 11.6 Å². The third-order valence-corrected chi connectivity index (χ3v) is 5.87. The fourth-order valence-electron chi connectivity index (χ4n) is 4.07. The van der Waals surface area contributed by atoms with Crippen LogP contribution < -0.4 is 4.74 Å². The first-order valence-corrected chi connectivity index (χ1v) is 10.1. The molecule has 2 aromatic heterocycles. The summed E-state index contributed by atoms with van der Waals surface area (Å²) in [6, 6.07) is 5.87. The number of H-pyrrole nitrogens is 2. The van der Waals surface area contributed by atoms with Gasteiger partial charge in [-0.05, 0) is 55.7 Å². The zero-order valence-corrected chi connectivity index (χ0v) is 17.0. The molecule has 1 aliphatic rings. The van der Waals surface area contributed by atoms with E-state index in [0.717, 1.165) is 54.0 Å². The van der Waals surface area contributed by atoms with E-state index in [2.05, 4.69) is 22.1 Å². The predicted octanol–water partition coefficient (Wildman–Crippen LogP) is 3.40. The number of aromatic amines is 2. The molecule has 148 valence electrons. The van der Waals surface area contributed by atoms with E-state index >= 15 is 0 Å². The Hall–Kier alpha value is -2.61. The lowest BCUT2D eigenvalue weighted by Gasteiger charge is -2.32. The number of nitrogens with one attached hydrogen (secondary N) is 2. The fraction of sp³-hybridized carbons (Fsp3) is 0.450. The highest BCUT2D eigenvalue weighted by molar-refractivity contribution is 7.71. The standard InChI is InChI=1S/C20H25N5O2S/c1-3-25-19(22-23-20(25)28)13-5-4-8-24(12-13)18(26)9-14-11-21-17-7-6-15(27-2)10-16(14)17/h6-7,10-11,13,21H,3-5,8-9,12H2,1-2H3,(H,23,28). The number of carbonyl (C=O) groups is 1. The third-order valence-electron chi connectivity index (χ3n) is 5.56. The summed E-state index contributed by atoms with van der Waals surface area (Å²) in [6.07, 6.45) is 4.29. The smallest absolute Gasteiger partial charge is 0.227 e. The van der Waals surface area contributed by atoms with Gasteiger partial charge in [0.2, 0.25) is 5.91 Å². The predicted molar refractivity (Wildman–Crippen MR) is 110 cm³/mol. The van der Waals surface area contributed by atoms with Crippen molar-refractivity contribution in [2.24, 2.45) is 0 Å². The minimum Gasteiger partial charge on any atom is -0.497 e. The number of aromatic nitrogens is 4. The molecule has 3 aromatic rings. The van der Waals surface area contributed by atoms with Gasteiger partial charge in [-0.2, -0.15) is 5.10 Å². The largest absolute Gasteiger partial charge is 0.497 e. The number of benzene rings is 1. The van der Waals surface area contributed by atoms with E-state index in [1.165, 1.54) is 0 Å². The van der Waals surface area contributed by atoms with Crippen LogP contribution in [-0.2, 0) is 17.8 Å². The van der Waals surface area contributed by atoms with Crippen molar-refractivity contribution in [1.29, 1.82) is 0 Å². The van der Waals surface area contributed by atoms with E-state index in [-0.39, 0.29) is 11.8 Å². The minimum absolute atomic E-state index is 0.144. The van der Waals surface area contributed by atoms with E-state index in [9.17, 15) is 4.79 Å². The number of methoxy groups -OCH3 is 1. The Morgan fingerprint density at radius 1 is 1.43 bits per heavy atom. The van der Waals surface area contributed by atoms with E-state index in [0.29, 0.717) is 17.7 Å². The third kappa shape index (κ3) is 3.44. The van der Waals surface area contributed by atoms with Crippen molar-refractivity contribution in [1.82, 2.24) is 24.6 Å². The molecule has 28 heavy (non-hydrogen) atoms. The highest BCUT2D eigenvalue weighted by atomic mass is 32.1. The molecule has 0 radical (unpaired) electrons. The average molecular weight is 400 g/mol. The quantitative estimate of drug-likeness (QED) is 0.645. The van der Waals surface area contributed by atoms with Gasteiger partial charge in [-0.3, -0.25) is 9.89 Å². The number of ether oxygens (including phenoxy) is 1. The number of likely N-dealkylation sites (tertiary alicyclic amines) is 1. The molecule has 1 aromatic carbocycles. The number of rotatable bonds is 5. The first-order chi connectivity index (χ1) is 13.6. The number of hydrogen-bond acceptors (Lipinski definition) is 4. The van der Waals surface area contributed by atoms with Crippen molar-refractivity contribution in [2.45, 2.75) is 38.6 Å². The summed E-state index contributed by atoms with van der Waals surface area (Å²) in [4.78, 5) is 18.2. The van der Waals surface area contributed by atoms with Gasteiger partial charge in [-0.15, -0.1) is 0 Å². The molecule has 1 unspecified atom stereocenters. The lowest BCUT2D eigenvalue weighted by Crippen LogP contribution is -2.40. The molecule has 1 aliphatic heterocycles. The average Bonchev–Trinajstić information content (AvgIpc) is 3.30.